The van der Waals surface area contributed by atoms with Crippen molar-refractivity contribution in [3.63, 3.8) is 0 Å². The lowest BCUT2D eigenvalue weighted by Crippen LogP contribution is -2.31. The summed E-state index contributed by atoms with van der Waals surface area (Å²) in [6.45, 7) is -0.0764. The Morgan fingerprint density at radius 3 is 2.80 bits per heavy atom. The second kappa shape index (κ2) is 7.85. The Bertz CT molecular complexity index is 1180. The maximum Gasteiger partial charge on any atom is 0.267 e. The van der Waals surface area contributed by atoms with Crippen LogP contribution in [0.2, 0.25) is 5.02 Å². The molecule has 4 heterocycles. The quantitative estimate of drug-likeness (QED) is 0.469. The molecule has 0 N–H and O–H groups in total. The van der Waals surface area contributed by atoms with Crippen LogP contribution in [0.5, 0.6) is 0 Å². The van der Waals surface area contributed by atoms with Gasteiger partial charge in [0.25, 0.3) is 5.91 Å². The number of thiophene rings is 1. The van der Waals surface area contributed by atoms with Gasteiger partial charge in [-0.1, -0.05) is 29.8 Å². The average molecular weight is 439 g/mol. The predicted molar refractivity (Wildman–Crippen MR) is 112 cm³/mol. The summed E-state index contributed by atoms with van der Waals surface area (Å²) in [7, 11) is 0. The van der Waals surface area contributed by atoms with Gasteiger partial charge in [-0.05, 0) is 46.5 Å². The number of hydrogen-bond acceptors (Lipinski definition) is 7. The molecule has 8 nitrogen and oxygen atoms in total. The lowest BCUT2D eigenvalue weighted by atomic mass is 10.0. The first kappa shape index (κ1) is 18.7. The van der Waals surface area contributed by atoms with E-state index in [-0.39, 0.29) is 18.5 Å². The van der Waals surface area contributed by atoms with Crippen LogP contribution in [0.3, 0.4) is 0 Å². The molecule has 0 unspecified atom stereocenters. The van der Waals surface area contributed by atoms with E-state index in [1.165, 1.54) is 21.1 Å². The lowest BCUT2D eigenvalue weighted by molar-refractivity contribution is -0.134. The molecule has 1 aromatic carbocycles. The van der Waals surface area contributed by atoms with Crippen molar-refractivity contribution in [2.75, 3.05) is 0 Å². The van der Waals surface area contributed by atoms with Crippen molar-refractivity contribution in [1.29, 1.82) is 0 Å². The van der Waals surface area contributed by atoms with Crippen molar-refractivity contribution in [1.82, 2.24) is 25.2 Å². The van der Waals surface area contributed by atoms with Gasteiger partial charge in [-0.2, -0.15) is 9.90 Å². The molecule has 4 aromatic rings. The van der Waals surface area contributed by atoms with Gasteiger partial charge in [-0.15, -0.1) is 21.5 Å². The van der Waals surface area contributed by atoms with Crippen LogP contribution in [0, 0.1) is 0 Å². The summed E-state index contributed by atoms with van der Waals surface area (Å²) in [6.07, 6.45) is 2.12. The van der Waals surface area contributed by atoms with Gasteiger partial charge in [0, 0.05) is 11.4 Å². The molecule has 1 amide bonds. The Hall–Kier alpha value is -3.30. The summed E-state index contributed by atoms with van der Waals surface area (Å²) in [5.74, 6) is 0.907. The highest BCUT2D eigenvalue weighted by Crippen LogP contribution is 2.33. The van der Waals surface area contributed by atoms with Gasteiger partial charge >= 0.3 is 0 Å². The summed E-state index contributed by atoms with van der Waals surface area (Å²) in [4.78, 5) is 15.3. The molecule has 3 aromatic heterocycles. The van der Waals surface area contributed by atoms with Crippen molar-refractivity contribution in [2.45, 2.75) is 19.0 Å². The molecule has 0 saturated carbocycles. The number of hydrogen-bond donors (Lipinski definition) is 0. The van der Waals surface area contributed by atoms with Crippen molar-refractivity contribution in [2.24, 2.45) is 5.10 Å². The van der Waals surface area contributed by atoms with Gasteiger partial charge in [0.2, 0.25) is 5.82 Å². The standard InChI is InChI=1S/C20H15ClN6O2S/c21-14-7-5-13(6-8-14)15-11-16(17-3-1-9-29-17)27(23-15)19(28)12-26-24-20(22-25-26)18-4-2-10-30-18/h1-10,16H,11-12H2/t16-/m0/s1. The number of carbonyl (C=O) groups is 1. The Morgan fingerprint density at radius 2 is 2.07 bits per heavy atom. The van der Waals surface area contributed by atoms with Crippen molar-refractivity contribution in [3.05, 3.63) is 76.5 Å². The molecule has 0 spiro atoms. The normalized spacial score (nSPS) is 16.1. The molecule has 10 heteroatoms. The molecule has 0 bridgehead atoms. The third kappa shape index (κ3) is 3.64. The minimum absolute atomic E-state index is 0.0764. The van der Waals surface area contributed by atoms with E-state index < -0.39 is 0 Å². The molecular formula is C20H15ClN6O2S. The molecular weight excluding hydrogens is 424 g/mol. The van der Waals surface area contributed by atoms with Crippen LogP contribution in [-0.2, 0) is 11.3 Å². The number of aromatic nitrogens is 4. The molecule has 0 radical (unpaired) electrons. The fraction of sp³-hybridized carbons (Fsp3) is 0.150. The van der Waals surface area contributed by atoms with Crippen LogP contribution in [0.25, 0.3) is 10.7 Å². The number of tetrazole rings is 1. The Morgan fingerprint density at radius 1 is 1.20 bits per heavy atom. The molecule has 1 aliphatic rings. The van der Waals surface area contributed by atoms with Crippen molar-refractivity contribution in [3.8, 4) is 10.7 Å². The van der Waals surface area contributed by atoms with Crippen LogP contribution in [0.4, 0.5) is 0 Å². The van der Waals surface area contributed by atoms with E-state index in [0.29, 0.717) is 23.0 Å². The summed E-state index contributed by atoms with van der Waals surface area (Å²) < 4.78 is 5.57. The van der Waals surface area contributed by atoms with Crippen LogP contribution in [-0.4, -0.2) is 36.8 Å². The summed E-state index contributed by atoms with van der Waals surface area (Å²) in [5.41, 5.74) is 1.69. The first-order valence-electron chi connectivity index (χ1n) is 9.18. The number of carbonyl (C=O) groups excluding carboxylic acids is 1. The SMILES string of the molecule is O=C(Cn1nnc(-c2cccs2)n1)N1N=C(c2ccc(Cl)cc2)C[C@H]1c1ccco1. The van der Waals surface area contributed by atoms with E-state index in [4.69, 9.17) is 16.0 Å². The van der Waals surface area contributed by atoms with Crippen molar-refractivity contribution < 1.29 is 9.21 Å². The van der Waals surface area contributed by atoms with Crippen LogP contribution in [0.1, 0.15) is 23.8 Å². The maximum atomic E-state index is 13.1. The minimum atomic E-state index is -0.335. The van der Waals surface area contributed by atoms with E-state index >= 15 is 0 Å². The number of benzene rings is 1. The van der Waals surface area contributed by atoms with Crippen LogP contribution >= 0.6 is 22.9 Å². The molecule has 0 saturated heterocycles. The first-order valence-corrected chi connectivity index (χ1v) is 10.4. The van der Waals surface area contributed by atoms with E-state index in [1.807, 2.05) is 35.7 Å². The number of furan rings is 1. The molecule has 1 atom stereocenters. The van der Waals surface area contributed by atoms with Crippen LogP contribution in [0.15, 0.2) is 69.7 Å². The Labute approximate surface area is 180 Å². The number of rotatable bonds is 5. The maximum absolute atomic E-state index is 13.1. The average Bonchev–Trinajstić information content (AvgIpc) is 3.55. The van der Waals surface area contributed by atoms with E-state index in [2.05, 4.69) is 20.5 Å². The molecule has 30 heavy (non-hydrogen) atoms. The van der Waals surface area contributed by atoms with E-state index in [1.54, 1.807) is 24.5 Å². The van der Waals surface area contributed by atoms with Gasteiger partial charge in [0.1, 0.15) is 18.3 Å². The van der Waals surface area contributed by atoms with Gasteiger partial charge in [-0.3, -0.25) is 4.79 Å². The van der Waals surface area contributed by atoms with Gasteiger partial charge in [0.05, 0.1) is 16.9 Å². The molecule has 5 rings (SSSR count). The second-order valence-corrected chi connectivity index (χ2v) is 8.03. The third-order valence-corrected chi connectivity index (χ3v) is 5.80. The highest BCUT2D eigenvalue weighted by atomic mass is 35.5. The zero-order valence-electron chi connectivity index (χ0n) is 15.6. The van der Waals surface area contributed by atoms with Crippen molar-refractivity contribution >= 4 is 34.6 Å². The Kier molecular flexibility index (Phi) is 4.89. The second-order valence-electron chi connectivity index (χ2n) is 6.65. The van der Waals surface area contributed by atoms with E-state index in [9.17, 15) is 4.79 Å². The van der Waals surface area contributed by atoms with E-state index in [0.717, 1.165) is 16.2 Å². The van der Waals surface area contributed by atoms with Gasteiger partial charge < -0.3 is 4.42 Å². The number of halogens is 1. The zero-order valence-corrected chi connectivity index (χ0v) is 17.1. The molecule has 150 valence electrons. The lowest BCUT2D eigenvalue weighted by Gasteiger charge is -2.19. The number of nitrogens with zero attached hydrogens (tertiary/aromatic N) is 6. The molecule has 0 aliphatic carbocycles. The molecule has 1 aliphatic heterocycles. The number of hydrazone groups is 1. The number of amides is 1. The fourth-order valence-corrected chi connectivity index (χ4v) is 4.04. The monoisotopic (exact) mass is 438 g/mol. The summed E-state index contributed by atoms with van der Waals surface area (Å²) >= 11 is 7.51. The fourth-order valence-electron chi connectivity index (χ4n) is 3.27. The largest absolute Gasteiger partial charge is 0.467 e. The third-order valence-electron chi connectivity index (χ3n) is 4.69. The summed E-state index contributed by atoms with van der Waals surface area (Å²) in [6, 6.07) is 14.5. The van der Waals surface area contributed by atoms with Gasteiger partial charge in [-0.25, -0.2) is 5.01 Å². The Balaban J connectivity index is 1.40. The molecule has 0 fully saturated rings. The smallest absolute Gasteiger partial charge is 0.267 e. The zero-order chi connectivity index (χ0) is 20.5. The minimum Gasteiger partial charge on any atom is -0.467 e. The first-order chi connectivity index (χ1) is 14.7. The van der Waals surface area contributed by atoms with Crippen LogP contribution < -0.4 is 0 Å². The highest BCUT2D eigenvalue weighted by molar-refractivity contribution is 7.13. The topological polar surface area (TPSA) is 89.4 Å². The predicted octanol–water partition coefficient (Wildman–Crippen LogP) is 4.03. The highest BCUT2D eigenvalue weighted by Gasteiger charge is 2.35. The van der Waals surface area contributed by atoms with Gasteiger partial charge in [0.15, 0.2) is 0 Å². The summed E-state index contributed by atoms with van der Waals surface area (Å²) in [5, 5.41) is 21.0.